The minimum Gasteiger partial charge on any atom is -0.495 e. The second-order valence-electron chi connectivity index (χ2n) is 12.4. The highest BCUT2D eigenvalue weighted by atomic mass is 16.5. The van der Waals surface area contributed by atoms with Crippen molar-refractivity contribution in [2.24, 2.45) is 17.8 Å². The van der Waals surface area contributed by atoms with Gasteiger partial charge in [0.05, 0.1) is 19.0 Å². The molecule has 4 aliphatic rings. The number of carbonyl (C=O) groups is 2. The summed E-state index contributed by atoms with van der Waals surface area (Å²) in [5.74, 6) is 3.88. The van der Waals surface area contributed by atoms with Gasteiger partial charge in [-0.3, -0.25) is 9.59 Å². The van der Waals surface area contributed by atoms with Gasteiger partial charge in [0.1, 0.15) is 17.5 Å². The maximum Gasteiger partial charge on any atom is 0.251 e. The molecule has 1 saturated heterocycles. The summed E-state index contributed by atoms with van der Waals surface area (Å²) < 4.78 is 5.66. The first-order valence-electron chi connectivity index (χ1n) is 15.2. The fraction of sp³-hybridized carbons (Fsp3) is 0.613. The zero-order valence-electron chi connectivity index (χ0n) is 24.7. The molecule has 2 aliphatic heterocycles. The van der Waals surface area contributed by atoms with Crippen molar-refractivity contribution >= 4 is 35.0 Å². The second-order valence-corrected chi connectivity index (χ2v) is 12.4. The van der Waals surface area contributed by atoms with E-state index in [9.17, 15) is 9.59 Å². The van der Waals surface area contributed by atoms with Crippen LogP contribution in [-0.4, -0.2) is 79.6 Å². The molecule has 1 aromatic heterocycles. The molecule has 6 rings (SSSR count). The SMILES string of the molecule is CC[C@@H]1C(=O)N(C)c2cnc(Nc3ccc(C(=O)NCC4CC5CN(C)C[C@H]5C4)cc3OC)nc2N1C1CCCC1. The molecule has 0 spiro atoms. The molecule has 3 heterocycles. The van der Waals surface area contributed by atoms with Crippen LogP contribution in [0.25, 0.3) is 0 Å². The number of rotatable bonds is 8. The van der Waals surface area contributed by atoms with E-state index >= 15 is 0 Å². The molecule has 0 radical (unpaired) electrons. The number of fused-ring (bicyclic) bond motifs is 2. The van der Waals surface area contributed by atoms with Crippen molar-refractivity contribution in [3.8, 4) is 5.75 Å². The normalized spacial score (nSPS) is 26.3. The molecule has 220 valence electrons. The van der Waals surface area contributed by atoms with Gasteiger partial charge in [0.15, 0.2) is 5.82 Å². The van der Waals surface area contributed by atoms with Gasteiger partial charge in [-0.05, 0) is 75.1 Å². The van der Waals surface area contributed by atoms with Crippen molar-refractivity contribution in [2.45, 2.75) is 64.0 Å². The first kappa shape index (κ1) is 27.8. The monoisotopic (exact) mass is 561 g/mol. The van der Waals surface area contributed by atoms with E-state index in [0.717, 1.165) is 42.6 Å². The van der Waals surface area contributed by atoms with Crippen molar-refractivity contribution in [2.75, 3.05) is 56.0 Å². The number of ether oxygens (including phenoxy) is 1. The highest BCUT2D eigenvalue weighted by Gasteiger charge is 2.41. The third kappa shape index (κ3) is 5.34. The summed E-state index contributed by atoms with van der Waals surface area (Å²) in [7, 11) is 5.60. The number of anilines is 4. The van der Waals surface area contributed by atoms with Crippen LogP contribution >= 0.6 is 0 Å². The summed E-state index contributed by atoms with van der Waals surface area (Å²) in [4.78, 5) is 42.0. The largest absolute Gasteiger partial charge is 0.495 e. The molecular formula is C31H43N7O3. The zero-order chi connectivity index (χ0) is 28.7. The molecule has 2 amide bonds. The third-order valence-corrected chi connectivity index (χ3v) is 9.70. The van der Waals surface area contributed by atoms with Gasteiger partial charge in [-0.2, -0.15) is 4.98 Å². The van der Waals surface area contributed by atoms with E-state index in [1.54, 1.807) is 37.4 Å². The number of methoxy groups -OCH3 is 1. The highest BCUT2D eigenvalue weighted by Crippen LogP contribution is 2.42. The fourth-order valence-electron chi connectivity index (χ4n) is 7.67. The molecule has 1 aromatic carbocycles. The molecule has 2 aliphatic carbocycles. The molecule has 4 atom stereocenters. The van der Waals surface area contributed by atoms with Crippen LogP contribution in [0.2, 0.25) is 0 Å². The Morgan fingerprint density at radius 3 is 2.54 bits per heavy atom. The van der Waals surface area contributed by atoms with Gasteiger partial charge < -0.3 is 30.1 Å². The second kappa shape index (κ2) is 11.5. The minimum absolute atomic E-state index is 0.0837. The number of nitrogens with zero attached hydrogens (tertiary/aromatic N) is 5. The Hall–Kier alpha value is -3.40. The number of hydrogen-bond donors (Lipinski definition) is 2. The first-order chi connectivity index (χ1) is 19.9. The molecule has 10 heteroatoms. The van der Waals surface area contributed by atoms with Crippen LogP contribution in [0.1, 0.15) is 62.2 Å². The van der Waals surface area contributed by atoms with Crippen molar-refractivity contribution in [1.82, 2.24) is 20.2 Å². The van der Waals surface area contributed by atoms with E-state index < -0.39 is 0 Å². The average molecular weight is 562 g/mol. The van der Waals surface area contributed by atoms with E-state index in [-0.39, 0.29) is 17.9 Å². The van der Waals surface area contributed by atoms with Crippen LogP contribution in [0, 0.1) is 17.8 Å². The molecule has 2 N–H and O–H groups in total. The van der Waals surface area contributed by atoms with Crippen molar-refractivity contribution in [3.05, 3.63) is 30.0 Å². The van der Waals surface area contributed by atoms with Gasteiger partial charge in [-0.25, -0.2) is 4.98 Å². The number of hydrogen-bond acceptors (Lipinski definition) is 8. The molecule has 3 fully saturated rings. The summed E-state index contributed by atoms with van der Waals surface area (Å²) in [6, 6.07) is 5.48. The number of carbonyl (C=O) groups excluding carboxylic acids is 2. The minimum atomic E-state index is -0.226. The maximum absolute atomic E-state index is 13.2. The highest BCUT2D eigenvalue weighted by molar-refractivity contribution is 6.04. The van der Waals surface area contributed by atoms with Crippen molar-refractivity contribution in [1.29, 1.82) is 0 Å². The van der Waals surface area contributed by atoms with Crippen LogP contribution in [0.4, 0.5) is 23.1 Å². The summed E-state index contributed by atoms with van der Waals surface area (Å²) in [5.41, 5.74) is 1.97. The molecule has 2 unspecified atom stereocenters. The molecule has 2 saturated carbocycles. The van der Waals surface area contributed by atoms with Crippen LogP contribution in [0.5, 0.6) is 5.75 Å². The molecule has 0 bridgehead atoms. The Morgan fingerprint density at radius 2 is 1.85 bits per heavy atom. The Labute approximate surface area is 242 Å². The molecule has 41 heavy (non-hydrogen) atoms. The average Bonchev–Trinajstić information content (AvgIpc) is 3.71. The van der Waals surface area contributed by atoms with E-state index in [2.05, 4.69) is 39.4 Å². The first-order valence-corrected chi connectivity index (χ1v) is 15.2. The van der Waals surface area contributed by atoms with Gasteiger partial charge >= 0.3 is 0 Å². The maximum atomic E-state index is 13.2. The van der Waals surface area contributed by atoms with Crippen LogP contribution in [-0.2, 0) is 4.79 Å². The molecular weight excluding hydrogens is 518 g/mol. The third-order valence-electron chi connectivity index (χ3n) is 9.70. The Morgan fingerprint density at radius 1 is 1.12 bits per heavy atom. The Bertz CT molecular complexity index is 1280. The van der Waals surface area contributed by atoms with Crippen molar-refractivity contribution < 1.29 is 14.3 Å². The number of likely N-dealkylation sites (N-methyl/N-ethyl adjacent to an activating group) is 1. The van der Waals surface area contributed by atoms with E-state index in [1.807, 2.05) is 6.07 Å². The quantitative estimate of drug-likeness (QED) is 0.498. The van der Waals surface area contributed by atoms with Crippen LogP contribution in [0.15, 0.2) is 24.4 Å². The standard InChI is InChI=1S/C31H43N7O3/c1-5-25-30(40)37(3)26-16-33-31(35-28(26)38(25)23-8-6-7-9-23)34-24-11-10-20(14-27(24)41-4)29(39)32-15-19-12-21-17-36(2)18-22(21)13-19/h10-11,14,16,19,21-23,25H,5-9,12-13,15,17-18H2,1-4H3,(H,32,39)(H,33,34,35)/t19?,21-,22?,25-/m1/s1. The van der Waals surface area contributed by atoms with Crippen LogP contribution < -0.4 is 25.2 Å². The van der Waals surface area contributed by atoms with Gasteiger partial charge in [-0.15, -0.1) is 0 Å². The lowest BCUT2D eigenvalue weighted by Gasteiger charge is -2.43. The lowest BCUT2D eigenvalue weighted by molar-refractivity contribution is -0.120. The number of aromatic nitrogens is 2. The topological polar surface area (TPSA) is 103 Å². The van der Waals surface area contributed by atoms with Gasteiger partial charge in [-0.1, -0.05) is 19.8 Å². The fourth-order valence-corrected chi connectivity index (χ4v) is 7.67. The number of amides is 2. The predicted octanol–water partition coefficient (Wildman–Crippen LogP) is 4.05. The molecule has 2 aromatic rings. The summed E-state index contributed by atoms with van der Waals surface area (Å²) in [6.45, 7) is 5.14. The van der Waals surface area contributed by atoms with Gasteiger partial charge in [0.25, 0.3) is 5.91 Å². The lowest BCUT2D eigenvalue weighted by atomic mass is 10.0. The van der Waals surface area contributed by atoms with E-state index in [0.29, 0.717) is 41.5 Å². The van der Waals surface area contributed by atoms with E-state index in [4.69, 9.17) is 9.72 Å². The lowest BCUT2D eigenvalue weighted by Crippen LogP contribution is -2.55. The Kier molecular flexibility index (Phi) is 7.76. The number of likely N-dealkylation sites (tertiary alicyclic amines) is 1. The summed E-state index contributed by atoms with van der Waals surface area (Å²) in [5, 5.41) is 6.45. The summed E-state index contributed by atoms with van der Waals surface area (Å²) in [6.07, 6.45) is 9.31. The van der Waals surface area contributed by atoms with Crippen molar-refractivity contribution in [3.63, 3.8) is 0 Å². The number of benzene rings is 1. The predicted molar refractivity (Wildman–Crippen MR) is 160 cm³/mol. The zero-order valence-corrected chi connectivity index (χ0v) is 24.7. The van der Waals surface area contributed by atoms with Gasteiger partial charge in [0.2, 0.25) is 11.9 Å². The Balaban J connectivity index is 1.16. The van der Waals surface area contributed by atoms with Gasteiger partial charge in [0, 0.05) is 38.3 Å². The summed E-state index contributed by atoms with van der Waals surface area (Å²) >= 11 is 0. The van der Waals surface area contributed by atoms with Crippen LogP contribution in [0.3, 0.4) is 0 Å². The van der Waals surface area contributed by atoms with E-state index in [1.165, 1.54) is 38.8 Å². The molecule has 10 nitrogen and oxygen atoms in total. The number of nitrogens with one attached hydrogen (secondary N) is 2. The smallest absolute Gasteiger partial charge is 0.251 e.